The number of carbonyl (C=O) groups is 1. The number of ether oxygens (including phenoxy) is 1. The number of imidazole rings is 1. The van der Waals surface area contributed by atoms with Crippen molar-refractivity contribution >= 4 is 34.6 Å². The van der Waals surface area contributed by atoms with Crippen molar-refractivity contribution < 1.29 is 9.53 Å². The van der Waals surface area contributed by atoms with Crippen molar-refractivity contribution in [3.8, 4) is 0 Å². The fraction of sp³-hybridized carbons (Fsp3) is 0.455. The van der Waals surface area contributed by atoms with Crippen LogP contribution in [-0.2, 0) is 9.53 Å². The number of rotatable bonds is 4. The molecule has 0 amide bonds. The van der Waals surface area contributed by atoms with Crippen molar-refractivity contribution in [2.24, 2.45) is 5.92 Å². The van der Waals surface area contributed by atoms with Crippen molar-refractivity contribution in [3.63, 3.8) is 0 Å². The highest BCUT2D eigenvalue weighted by Gasteiger charge is 2.24. The summed E-state index contributed by atoms with van der Waals surface area (Å²) in [5, 5.41) is 3.08. The maximum Gasteiger partial charge on any atom is 0.328 e. The number of aromatic nitrogens is 4. The van der Waals surface area contributed by atoms with Crippen LogP contribution < -0.4 is 5.32 Å². The highest BCUT2D eigenvalue weighted by atomic mass is 35.5. The number of methoxy groups -OCH3 is 1. The predicted octanol–water partition coefficient (Wildman–Crippen LogP) is 1.62. The molecule has 0 aliphatic carbocycles. The Balaban J connectivity index is 2.38. The van der Waals surface area contributed by atoms with Crippen molar-refractivity contribution in [2.75, 3.05) is 12.4 Å². The van der Waals surface area contributed by atoms with Gasteiger partial charge in [-0.3, -0.25) is 0 Å². The van der Waals surface area contributed by atoms with Gasteiger partial charge in [0.15, 0.2) is 11.5 Å². The van der Waals surface area contributed by atoms with Crippen LogP contribution in [0.1, 0.15) is 13.8 Å². The summed E-state index contributed by atoms with van der Waals surface area (Å²) in [5.74, 6) is 0.0909. The van der Waals surface area contributed by atoms with Crippen LogP contribution in [-0.4, -0.2) is 39.1 Å². The van der Waals surface area contributed by atoms with Crippen LogP contribution in [0.5, 0.6) is 0 Å². The SMILES string of the molecule is COC(=O)C(Nc1nc(Cl)nc2nc[nH]c12)C(C)C. The molecule has 1 unspecified atom stereocenters. The summed E-state index contributed by atoms with van der Waals surface area (Å²) in [6.45, 7) is 3.81. The Kier molecular flexibility index (Phi) is 3.84. The van der Waals surface area contributed by atoms with Crippen LogP contribution >= 0.6 is 11.6 Å². The molecule has 0 aliphatic heterocycles. The second-order valence-corrected chi connectivity index (χ2v) is 4.67. The zero-order valence-corrected chi connectivity index (χ0v) is 11.5. The first-order valence-electron chi connectivity index (χ1n) is 5.74. The van der Waals surface area contributed by atoms with Gasteiger partial charge in [-0.05, 0) is 17.5 Å². The van der Waals surface area contributed by atoms with Crippen LogP contribution in [0.3, 0.4) is 0 Å². The number of hydrogen-bond donors (Lipinski definition) is 2. The number of esters is 1. The summed E-state index contributed by atoms with van der Waals surface area (Å²) in [6, 6.07) is -0.525. The fourth-order valence-electron chi connectivity index (χ4n) is 1.68. The molecule has 19 heavy (non-hydrogen) atoms. The Hall–Kier alpha value is -1.89. The number of H-pyrrole nitrogens is 1. The number of anilines is 1. The summed E-state index contributed by atoms with van der Waals surface area (Å²) in [4.78, 5) is 26.7. The standard InChI is InChI=1S/C11H14ClN5O2/c1-5(2)6(10(18)19-3)15-9-7-8(14-4-13-7)16-11(12)17-9/h4-6H,1-3H3,(H2,13,14,15,16,17). The molecule has 0 fully saturated rings. The van der Waals surface area contributed by atoms with Gasteiger partial charge in [-0.25, -0.2) is 9.78 Å². The Morgan fingerprint density at radius 1 is 1.47 bits per heavy atom. The molecule has 2 aromatic rings. The lowest BCUT2D eigenvalue weighted by Gasteiger charge is -2.20. The molecule has 2 aromatic heterocycles. The van der Waals surface area contributed by atoms with Crippen LogP contribution in [0.2, 0.25) is 5.28 Å². The predicted molar refractivity (Wildman–Crippen MR) is 71.0 cm³/mol. The highest BCUT2D eigenvalue weighted by Crippen LogP contribution is 2.21. The first kappa shape index (κ1) is 13.5. The van der Waals surface area contributed by atoms with Crippen LogP contribution in [0, 0.1) is 5.92 Å². The molecule has 1 atom stereocenters. The average Bonchev–Trinajstić information content (AvgIpc) is 2.82. The van der Waals surface area contributed by atoms with E-state index in [1.54, 1.807) is 0 Å². The molecule has 0 saturated carbocycles. The molecule has 0 saturated heterocycles. The molecule has 8 heteroatoms. The summed E-state index contributed by atoms with van der Waals surface area (Å²) in [7, 11) is 1.35. The van der Waals surface area contributed by atoms with Crippen molar-refractivity contribution in [3.05, 3.63) is 11.6 Å². The molecule has 0 radical (unpaired) electrons. The lowest BCUT2D eigenvalue weighted by molar-refractivity contribution is -0.142. The molecular formula is C11H14ClN5O2. The largest absolute Gasteiger partial charge is 0.467 e. The van der Waals surface area contributed by atoms with E-state index in [0.717, 1.165) is 0 Å². The van der Waals surface area contributed by atoms with Crippen LogP contribution in [0.25, 0.3) is 11.2 Å². The Morgan fingerprint density at radius 2 is 2.21 bits per heavy atom. The molecule has 2 rings (SSSR count). The van der Waals surface area contributed by atoms with E-state index in [9.17, 15) is 4.79 Å². The van der Waals surface area contributed by atoms with E-state index >= 15 is 0 Å². The summed E-state index contributed by atoms with van der Waals surface area (Å²) >= 11 is 5.82. The molecule has 2 N–H and O–H groups in total. The number of fused-ring (bicyclic) bond motifs is 1. The van der Waals surface area contributed by atoms with Gasteiger partial charge in [-0.15, -0.1) is 0 Å². The third kappa shape index (κ3) is 2.76. The lowest BCUT2D eigenvalue weighted by atomic mass is 10.0. The zero-order chi connectivity index (χ0) is 14.0. The fourth-order valence-corrected chi connectivity index (χ4v) is 1.85. The minimum Gasteiger partial charge on any atom is -0.467 e. The Labute approximate surface area is 114 Å². The van der Waals surface area contributed by atoms with Gasteiger partial charge in [0.05, 0.1) is 13.4 Å². The summed E-state index contributed by atoms with van der Waals surface area (Å²) in [6.07, 6.45) is 1.49. The Morgan fingerprint density at radius 3 is 2.84 bits per heavy atom. The minimum absolute atomic E-state index is 0.0270. The summed E-state index contributed by atoms with van der Waals surface area (Å²) < 4.78 is 4.77. The van der Waals surface area contributed by atoms with E-state index in [4.69, 9.17) is 16.3 Å². The topological polar surface area (TPSA) is 92.8 Å². The quantitative estimate of drug-likeness (QED) is 0.654. The average molecular weight is 284 g/mol. The summed E-state index contributed by atoms with van der Waals surface area (Å²) in [5.41, 5.74) is 1.04. The van der Waals surface area contributed by atoms with Gasteiger partial charge < -0.3 is 15.0 Å². The smallest absolute Gasteiger partial charge is 0.328 e. The molecule has 0 aromatic carbocycles. The third-order valence-electron chi connectivity index (χ3n) is 2.67. The minimum atomic E-state index is -0.525. The molecule has 0 spiro atoms. The van der Waals surface area contributed by atoms with Gasteiger partial charge in [0.2, 0.25) is 5.28 Å². The van der Waals surface area contributed by atoms with Crippen LogP contribution in [0.4, 0.5) is 5.82 Å². The number of nitrogens with zero attached hydrogens (tertiary/aromatic N) is 3. The van der Waals surface area contributed by atoms with Crippen molar-refractivity contribution in [2.45, 2.75) is 19.9 Å². The van der Waals surface area contributed by atoms with E-state index in [-0.39, 0.29) is 17.2 Å². The van der Waals surface area contributed by atoms with Gasteiger partial charge in [-0.2, -0.15) is 9.97 Å². The maximum absolute atomic E-state index is 11.7. The second kappa shape index (κ2) is 5.40. The van der Waals surface area contributed by atoms with Gasteiger partial charge in [0, 0.05) is 0 Å². The third-order valence-corrected chi connectivity index (χ3v) is 2.84. The van der Waals surface area contributed by atoms with Crippen LogP contribution in [0.15, 0.2) is 6.33 Å². The van der Waals surface area contributed by atoms with Gasteiger partial charge in [0.25, 0.3) is 0 Å². The van der Waals surface area contributed by atoms with Gasteiger partial charge in [0.1, 0.15) is 11.6 Å². The Bertz CT molecular complexity index is 598. The molecule has 0 bridgehead atoms. The number of nitrogens with one attached hydrogen (secondary N) is 2. The van der Waals surface area contributed by atoms with E-state index in [1.165, 1.54) is 13.4 Å². The monoisotopic (exact) mass is 283 g/mol. The molecule has 102 valence electrons. The second-order valence-electron chi connectivity index (χ2n) is 4.33. The van der Waals surface area contributed by atoms with E-state index < -0.39 is 6.04 Å². The lowest BCUT2D eigenvalue weighted by Crippen LogP contribution is -2.35. The number of carbonyl (C=O) groups excluding carboxylic acids is 1. The van der Waals surface area contributed by atoms with Gasteiger partial charge >= 0.3 is 5.97 Å². The number of halogens is 1. The molecule has 0 aliphatic rings. The normalized spacial score (nSPS) is 12.7. The van der Waals surface area contributed by atoms with Gasteiger partial charge in [-0.1, -0.05) is 13.8 Å². The first-order chi connectivity index (χ1) is 9.02. The van der Waals surface area contributed by atoms with Crippen molar-refractivity contribution in [1.82, 2.24) is 19.9 Å². The highest BCUT2D eigenvalue weighted by molar-refractivity contribution is 6.28. The number of hydrogen-bond acceptors (Lipinski definition) is 6. The van der Waals surface area contributed by atoms with E-state index in [2.05, 4.69) is 25.3 Å². The van der Waals surface area contributed by atoms with E-state index in [1.807, 2.05) is 13.8 Å². The maximum atomic E-state index is 11.7. The van der Waals surface area contributed by atoms with Crippen molar-refractivity contribution in [1.29, 1.82) is 0 Å². The van der Waals surface area contributed by atoms with E-state index in [0.29, 0.717) is 17.0 Å². The first-order valence-corrected chi connectivity index (χ1v) is 6.11. The molecule has 2 heterocycles. The zero-order valence-electron chi connectivity index (χ0n) is 10.8. The molecule has 7 nitrogen and oxygen atoms in total. The molecular weight excluding hydrogens is 270 g/mol. The number of aromatic amines is 1.